The van der Waals surface area contributed by atoms with E-state index >= 15 is 0 Å². The number of alkyl halides is 1. The van der Waals surface area contributed by atoms with Gasteiger partial charge in [-0.2, -0.15) is 5.10 Å². The van der Waals surface area contributed by atoms with Gasteiger partial charge in [-0.25, -0.2) is 4.39 Å². The summed E-state index contributed by atoms with van der Waals surface area (Å²) >= 11 is 5.99. The first-order valence-electron chi connectivity index (χ1n) is 6.46. The van der Waals surface area contributed by atoms with Gasteiger partial charge >= 0.3 is 0 Å². The monoisotopic (exact) mass is 280 g/mol. The molecule has 0 saturated carbocycles. The van der Waals surface area contributed by atoms with Gasteiger partial charge in [0.05, 0.1) is 5.69 Å². The van der Waals surface area contributed by atoms with Crippen LogP contribution in [0.5, 0.6) is 0 Å². The SMILES string of the molecule is CC(C)n1ccc(CC(CCl)c2ccccc2F)n1. The van der Waals surface area contributed by atoms with Crippen LogP contribution in [0.1, 0.15) is 37.1 Å². The van der Waals surface area contributed by atoms with E-state index in [1.54, 1.807) is 12.1 Å². The van der Waals surface area contributed by atoms with Crippen molar-refractivity contribution in [2.75, 3.05) is 5.88 Å². The largest absolute Gasteiger partial charge is 0.270 e. The summed E-state index contributed by atoms with van der Waals surface area (Å²) < 4.78 is 15.7. The van der Waals surface area contributed by atoms with Crippen molar-refractivity contribution >= 4 is 11.6 Å². The van der Waals surface area contributed by atoms with E-state index in [2.05, 4.69) is 18.9 Å². The summed E-state index contributed by atoms with van der Waals surface area (Å²) in [7, 11) is 0. The van der Waals surface area contributed by atoms with Crippen molar-refractivity contribution < 1.29 is 4.39 Å². The zero-order chi connectivity index (χ0) is 13.8. The third-order valence-electron chi connectivity index (χ3n) is 3.18. The Labute approximate surface area is 118 Å². The quantitative estimate of drug-likeness (QED) is 0.752. The van der Waals surface area contributed by atoms with Gasteiger partial charge in [0.2, 0.25) is 0 Å². The molecule has 2 aromatic rings. The number of rotatable bonds is 5. The first-order valence-corrected chi connectivity index (χ1v) is 6.99. The maximum atomic E-state index is 13.8. The predicted octanol–water partition coefficient (Wildman–Crippen LogP) is 4.17. The van der Waals surface area contributed by atoms with E-state index in [-0.39, 0.29) is 11.7 Å². The molecule has 0 spiro atoms. The molecule has 4 heteroatoms. The first-order chi connectivity index (χ1) is 9.11. The molecule has 0 saturated heterocycles. The summed E-state index contributed by atoms with van der Waals surface area (Å²) in [5.41, 5.74) is 1.61. The maximum Gasteiger partial charge on any atom is 0.126 e. The number of aromatic nitrogens is 2. The Kier molecular flexibility index (Phi) is 4.59. The van der Waals surface area contributed by atoms with Crippen LogP contribution in [0.4, 0.5) is 4.39 Å². The Hall–Kier alpha value is -1.35. The highest BCUT2D eigenvalue weighted by atomic mass is 35.5. The van der Waals surface area contributed by atoms with E-state index in [9.17, 15) is 4.39 Å². The van der Waals surface area contributed by atoms with E-state index < -0.39 is 0 Å². The third-order valence-corrected chi connectivity index (χ3v) is 3.55. The highest BCUT2D eigenvalue weighted by Gasteiger charge is 2.16. The summed E-state index contributed by atoms with van der Waals surface area (Å²) in [6, 6.07) is 9.10. The van der Waals surface area contributed by atoms with Crippen LogP contribution in [0.2, 0.25) is 0 Å². The van der Waals surface area contributed by atoms with Crippen molar-refractivity contribution in [1.29, 1.82) is 0 Å². The second kappa shape index (κ2) is 6.20. The van der Waals surface area contributed by atoms with Gasteiger partial charge in [-0.05, 0) is 38.0 Å². The summed E-state index contributed by atoms with van der Waals surface area (Å²) in [4.78, 5) is 0. The van der Waals surface area contributed by atoms with Crippen molar-refractivity contribution in [1.82, 2.24) is 9.78 Å². The highest BCUT2D eigenvalue weighted by Crippen LogP contribution is 2.24. The number of nitrogens with zero attached hydrogens (tertiary/aromatic N) is 2. The fourth-order valence-corrected chi connectivity index (χ4v) is 2.36. The van der Waals surface area contributed by atoms with Crippen molar-refractivity contribution in [2.24, 2.45) is 0 Å². The Morgan fingerprint density at radius 3 is 2.58 bits per heavy atom. The number of hydrogen-bond acceptors (Lipinski definition) is 1. The maximum absolute atomic E-state index is 13.8. The molecule has 1 aromatic heterocycles. The van der Waals surface area contributed by atoms with E-state index in [1.165, 1.54) is 6.07 Å². The van der Waals surface area contributed by atoms with Gasteiger partial charge in [-0.15, -0.1) is 11.6 Å². The number of halogens is 2. The standard InChI is InChI=1S/C15H18ClFN2/c1-11(2)19-8-7-13(18-19)9-12(10-16)14-5-3-4-6-15(14)17/h3-8,11-12H,9-10H2,1-2H3. The lowest BCUT2D eigenvalue weighted by atomic mass is 9.95. The molecule has 19 heavy (non-hydrogen) atoms. The average Bonchev–Trinajstić information content (AvgIpc) is 2.86. The molecule has 1 heterocycles. The lowest BCUT2D eigenvalue weighted by Crippen LogP contribution is -2.08. The number of hydrogen-bond donors (Lipinski definition) is 0. The second-order valence-electron chi connectivity index (χ2n) is 4.96. The van der Waals surface area contributed by atoms with Crippen molar-refractivity contribution in [2.45, 2.75) is 32.2 Å². The molecule has 0 fully saturated rings. The molecule has 2 nitrogen and oxygen atoms in total. The zero-order valence-electron chi connectivity index (χ0n) is 11.2. The second-order valence-corrected chi connectivity index (χ2v) is 5.27. The van der Waals surface area contributed by atoms with E-state index in [0.717, 1.165) is 5.69 Å². The molecule has 0 radical (unpaired) electrons. The van der Waals surface area contributed by atoms with Gasteiger partial charge in [0, 0.05) is 24.0 Å². The van der Waals surface area contributed by atoms with Crippen LogP contribution in [-0.4, -0.2) is 15.7 Å². The minimum absolute atomic E-state index is 0.0432. The third kappa shape index (κ3) is 3.35. The lowest BCUT2D eigenvalue weighted by molar-refractivity contribution is 0.522. The zero-order valence-corrected chi connectivity index (χ0v) is 11.9. The van der Waals surface area contributed by atoms with Crippen molar-refractivity contribution in [3.63, 3.8) is 0 Å². The van der Waals surface area contributed by atoms with Gasteiger partial charge in [0.1, 0.15) is 5.82 Å². The summed E-state index contributed by atoms with van der Waals surface area (Å²) in [5.74, 6) is 0.143. The highest BCUT2D eigenvalue weighted by molar-refractivity contribution is 6.18. The smallest absolute Gasteiger partial charge is 0.126 e. The van der Waals surface area contributed by atoms with Crippen LogP contribution < -0.4 is 0 Å². The molecule has 0 aliphatic rings. The lowest BCUT2D eigenvalue weighted by Gasteiger charge is -2.14. The first kappa shape index (κ1) is 14.1. The average molecular weight is 281 g/mol. The Morgan fingerprint density at radius 1 is 1.26 bits per heavy atom. The van der Waals surface area contributed by atoms with Crippen LogP contribution in [0.15, 0.2) is 36.5 Å². The molecular formula is C15H18ClFN2. The normalized spacial score (nSPS) is 12.9. The fraction of sp³-hybridized carbons (Fsp3) is 0.400. The summed E-state index contributed by atoms with van der Waals surface area (Å²) in [5, 5.41) is 4.49. The molecule has 1 aromatic carbocycles. The van der Waals surface area contributed by atoms with Crippen LogP contribution in [0, 0.1) is 5.82 Å². The molecule has 0 bridgehead atoms. The topological polar surface area (TPSA) is 17.8 Å². The molecule has 1 atom stereocenters. The molecule has 1 unspecified atom stereocenters. The van der Waals surface area contributed by atoms with Gasteiger partial charge in [-0.1, -0.05) is 18.2 Å². The Balaban J connectivity index is 2.17. The molecule has 2 rings (SSSR count). The van der Waals surface area contributed by atoms with Gasteiger partial charge in [-0.3, -0.25) is 4.68 Å². The van der Waals surface area contributed by atoms with E-state index in [4.69, 9.17) is 11.6 Å². The molecule has 0 amide bonds. The van der Waals surface area contributed by atoms with Crippen LogP contribution in [-0.2, 0) is 6.42 Å². The summed E-state index contributed by atoms with van der Waals surface area (Å²) in [6.45, 7) is 4.15. The molecule has 0 N–H and O–H groups in total. The summed E-state index contributed by atoms with van der Waals surface area (Å²) in [6.07, 6.45) is 2.61. The van der Waals surface area contributed by atoms with Gasteiger partial charge in [0.15, 0.2) is 0 Å². The van der Waals surface area contributed by atoms with E-state index in [1.807, 2.05) is 23.0 Å². The van der Waals surface area contributed by atoms with Crippen LogP contribution in [0.25, 0.3) is 0 Å². The van der Waals surface area contributed by atoms with Crippen LogP contribution >= 0.6 is 11.6 Å². The fourth-order valence-electron chi connectivity index (χ4n) is 2.08. The molecule has 102 valence electrons. The molecular weight excluding hydrogens is 263 g/mol. The number of benzene rings is 1. The molecule has 0 aliphatic carbocycles. The Morgan fingerprint density at radius 2 is 2.00 bits per heavy atom. The van der Waals surface area contributed by atoms with Crippen molar-refractivity contribution in [3.05, 3.63) is 53.6 Å². The Bertz CT molecular complexity index is 536. The van der Waals surface area contributed by atoms with Crippen molar-refractivity contribution in [3.8, 4) is 0 Å². The van der Waals surface area contributed by atoms with Gasteiger partial charge in [0.25, 0.3) is 0 Å². The van der Waals surface area contributed by atoms with Crippen LogP contribution in [0.3, 0.4) is 0 Å². The molecule has 0 aliphatic heterocycles. The van der Waals surface area contributed by atoms with E-state index in [0.29, 0.717) is 23.9 Å². The minimum Gasteiger partial charge on any atom is -0.270 e. The minimum atomic E-state index is -0.198. The predicted molar refractivity (Wildman–Crippen MR) is 76.2 cm³/mol. The van der Waals surface area contributed by atoms with Gasteiger partial charge < -0.3 is 0 Å².